The van der Waals surface area contributed by atoms with E-state index >= 15 is 0 Å². The summed E-state index contributed by atoms with van der Waals surface area (Å²) in [5.74, 6) is 0.167. The number of rotatable bonds is 8. The summed E-state index contributed by atoms with van der Waals surface area (Å²) in [4.78, 5) is 25.6. The Balaban J connectivity index is 1.32. The molecular weight excluding hydrogens is 474 g/mol. The number of methoxy groups -OCH3 is 1. The second-order valence-corrected chi connectivity index (χ2v) is 11.1. The van der Waals surface area contributed by atoms with Gasteiger partial charge in [0.1, 0.15) is 9.96 Å². The van der Waals surface area contributed by atoms with Gasteiger partial charge in [-0.1, -0.05) is 0 Å². The topological polar surface area (TPSA) is 105 Å². The van der Waals surface area contributed by atoms with Crippen LogP contribution in [0, 0.1) is 0 Å². The molecule has 34 heavy (non-hydrogen) atoms. The molecule has 2 heterocycles. The van der Waals surface area contributed by atoms with Gasteiger partial charge in [0.15, 0.2) is 0 Å². The van der Waals surface area contributed by atoms with Crippen molar-refractivity contribution in [2.75, 3.05) is 30.8 Å². The van der Waals surface area contributed by atoms with Crippen LogP contribution < -0.4 is 15.4 Å². The first-order chi connectivity index (χ1) is 16.3. The van der Waals surface area contributed by atoms with Crippen LogP contribution in [0.25, 0.3) is 0 Å². The summed E-state index contributed by atoms with van der Waals surface area (Å²) in [5, 5.41) is 5.59. The number of carbonyl (C=O) groups excluding carboxylic acids is 2. The molecule has 8 nitrogen and oxygen atoms in total. The monoisotopic (exact) mass is 499 g/mol. The third-order valence-corrected chi connectivity index (χ3v) is 8.86. The van der Waals surface area contributed by atoms with Crippen LogP contribution in [0.3, 0.4) is 0 Å². The summed E-state index contributed by atoms with van der Waals surface area (Å²) in [5.41, 5.74) is 1.64. The first-order valence-corrected chi connectivity index (χ1v) is 13.0. The highest BCUT2D eigenvalue weighted by Crippen LogP contribution is 2.28. The minimum absolute atomic E-state index is 0.0693. The maximum atomic E-state index is 12.7. The zero-order valence-electron chi connectivity index (χ0n) is 18.6. The summed E-state index contributed by atoms with van der Waals surface area (Å²) in [6.07, 6.45) is 1.82. The molecule has 2 aromatic carbocycles. The fourth-order valence-electron chi connectivity index (χ4n) is 3.59. The Morgan fingerprint density at radius 3 is 2.18 bits per heavy atom. The molecule has 2 amide bonds. The van der Waals surface area contributed by atoms with E-state index in [0.717, 1.165) is 24.2 Å². The smallest absolute Gasteiger partial charge is 0.255 e. The molecule has 0 saturated carbocycles. The van der Waals surface area contributed by atoms with E-state index in [4.69, 9.17) is 4.74 Å². The molecule has 0 radical (unpaired) electrons. The Morgan fingerprint density at radius 2 is 1.53 bits per heavy atom. The van der Waals surface area contributed by atoms with Crippen LogP contribution in [0.15, 0.2) is 64.9 Å². The molecule has 1 saturated heterocycles. The van der Waals surface area contributed by atoms with E-state index in [9.17, 15) is 18.0 Å². The summed E-state index contributed by atoms with van der Waals surface area (Å²) < 4.78 is 32.2. The zero-order chi connectivity index (χ0) is 24.1. The van der Waals surface area contributed by atoms with E-state index in [2.05, 4.69) is 10.6 Å². The largest absolute Gasteiger partial charge is 0.497 e. The number of ether oxygens (including phenoxy) is 1. The molecule has 4 rings (SSSR count). The molecule has 0 atom stereocenters. The van der Waals surface area contributed by atoms with Gasteiger partial charge in [-0.15, -0.1) is 11.3 Å². The Hall–Kier alpha value is -3.21. The third kappa shape index (κ3) is 5.64. The summed E-state index contributed by atoms with van der Waals surface area (Å²) in [7, 11) is -1.90. The fourth-order valence-corrected chi connectivity index (χ4v) is 6.62. The van der Waals surface area contributed by atoms with Crippen molar-refractivity contribution in [2.45, 2.75) is 23.5 Å². The average Bonchev–Trinajstić information content (AvgIpc) is 3.53. The molecule has 10 heteroatoms. The molecule has 3 aromatic rings. The molecule has 0 aliphatic carbocycles. The first-order valence-electron chi connectivity index (χ1n) is 10.8. The first kappa shape index (κ1) is 23.9. The van der Waals surface area contributed by atoms with Crippen LogP contribution >= 0.6 is 11.3 Å². The Bertz CT molecular complexity index is 1260. The zero-order valence-corrected chi connectivity index (χ0v) is 20.2. The highest BCUT2D eigenvalue weighted by atomic mass is 32.2. The maximum Gasteiger partial charge on any atom is 0.255 e. The normalized spacial score (nSPS) is 14.0. The van der Waals surface area contributed by atoms with Gasteiger partial charge in [0.05, 0.1) is 13.5 Å². The van der Waals surface area contributed by atoms with Crippen molar-refractivity contribution >= 4 is 44.5 Å². The molecule has 0 unspecified atom stereocenters. The Morgan fingerprint density at radius 1 is 0.912 bits per heavy atom. The van der Waals surface area contributed by atoms with E-state index < -0.39 is 10.0 Å². The van der Waals surface area contributed by atoms with Gasteiger partial charge in [-0.2, -0.15) is 4.31 Å². The number of nitrogens with one attached hydrogen (secondary N) is 2. The van der Waals surface area contributed by atoms with E-state index in [0.29, 0.717) is 40.7 Å². The van der Waals surface area contributed by atoms with Crippen molar-refractivity contribution in [2.24, 2.45) is 0 Å². The van der Waals surface area contributed by atoms with Crippen LogP contribution in [0.4, 0.5) is 11.4 Å². The van der Waals surface area contributed by atoms with Gasteiger partial charge in [-0.05, 0) is 73.5 Å². The molecule has 1 aliphatic rings. The highest BCUT2D eigenvalue weighted by Gasteiger charge is 2.28. The number of thiophene rings is 1. The molecule has 0 spiro atoms. The van der Waals surface area contributed by atoms with Crippen LogP contribution in [0.5, 0.6) is 5.75 Å². The van der Waals surface area contributed by atoms with Gasteiger partial charge in [0, 0.05) is 34.9 Å². The van der Waals surface area contributed by atoms with E-state index in [1.807, 2.05) is 0 Å². The lowest BCUT2D eigenvalue weighted by atomic mass is 10.2. The highest BCUT2D eigenvalue weighted by molar-refractivity contribution is 7.91. The lowest BCUT2D eigenvalue weighted by molar-refractivity contribution is -0.115. The summed E-state index contributed by atoms with van der Waals surface area (Å²) >= 11 is 1.12. The molecule has 0 bridgehead atoms. The van der Waals surface area contributed by atoms with Gasteiger partial charge in [-0.3, -0.25) is 9.59 Å². The number of benzene rings is 2. The number of nitrogens with zero attached hydrogens (tertiary/aromatic N) is 1. The number of hydrogen-bond donors (Lipinski definition) is 2. The Labute approximate surface area is 202 Å². The number of hydrogen-bond acceptors (Lipinski definition) is 6. The Kier molecular flexibility index (Phi) is 7.30. The predicted octanol–water partition coefficient (Wildman–Crippen LogP) is 3.97. The van der Waals surface area contributed by atoms with Crippen LogP contribution in [0.2, 0.25) is 0 Å². The summed E-state index contributed by atoms with van der Waals surface area (Å²) in [6, 6.07) is 16.8. The molecule has 2 N–H and O–H groups in total. The van der Waals surface area contributed by atoms with E-state index in [-0.39, 0.29) is 22.4 Å². The number of amides is 2. The molecule has 1 aromatic heterocycles. The SMILES string of the molecule is COc1ccc(NC(=O)c2ccc(NC(=O)Cc3ccc(S(=O)(=O)N4CCCC4)s3)cc2)cc1. The summed E-state index contributed by atoms with van der Waals surface area (Å²) in [6.45, 7) is 1.09. The van der Waals surface area contributed by atoms with E-state index in [1.54, 1.807) is 67.8 Å². The number of sulfonamides is 1. The third-order valence-electron chi connectivity index (χ3n) is 5.41. The molecule has 178 valence electrons. The van der Waals surface area contributed by atoms with Crippen LogP contribution in [-0.4, -0.2) is 44.7 Å². The predicted molar refractivity (Wildman–Crippen MR) is 132 cm³/mol. The van der Waals surface area contributed by atoms with Crippen molar-refractivity contribution in [1.82, 2.24) is 4.31 Å². The molecule has 1 fully saturated rings. The minimum atomic E-state index is -3.48. The number of carbonyl (C=O) groups is 2. The van der Waals surface area contributed by atoms with Crippen LogP contribution in [-0.2, 0) is 21.2 Å². The second kappa shape index (κ2) is 10.4. The van der Waals surface area contributed by atoms with Crippen molar-refractivity contribution in [3.05, 3.63) is 71.1 Å². The molecular formula is C24H25N3O5S2. The average molecular weight is 500 g/mol. The van der Waals surface area contributed by atoms with Crippen molar-refractivity contribution in [3.8, 4) is 5.75 Å². The van der Waals surface area contributed by atoms with Crippen molar-refractivity contribution < 1.29 is 22.7 Å². The van der Waals surface area contributed by atoms with E-state index in [1.165, 1.54) is 4.31 Å². The quantitative estimate of drug-likeness (QED) is 0.488. The van der Waals surface area contributed by atoms with Gasteiger partial charge in [0.25, 0.3) is 15.9 Å². The van der Waals surface area contributed by atoms with Crippen molar-refractivity contribution in [1.29, 1.82) is 0 Å². The fraction of sp³-hybridized carbons (Fsp3) is 0.250. The lowest BCUT2D eigenvalue weighted by Crippen LogP contribution is -2.27. The molecule has 1 aliphatic heterocycles. The minimum Gasteiger partial charge on any atom is -0.497 e. The lowest BCUT2D eigenvalue weighted by Gasteiger charge is -2.13. The van der Waals surface area contributed by atoms with Gasteiger partial charge in [0.2, 0.25) is 5.91 Å². The van der Waals surface area contributed by atoms with Crippen molar-refractivity contribution in [3.63, 3.8) is 0 Å². The van der Waals surface area contributed by atoms with Gasteiger partial charge in [-0.25, -0.2) is 8.42 Å². The maximum absolute atomic E-state index is 12.7. The second-order valence-electron chi connectivity index (χ2n) is 7.82. The van der Waals surface area contributed by atoms with Crippen LogP contribution in [0.1, 0.15) is 28.1 Å². The van der Waals surface area contributed by atoms with Gasteiger partial charge >= 0.3 is 0 Å². The van der Waals surface area contributed by atoms with Gasteiger partial charge < -0.3 is 15.4 Å². The number of anilines is 2. The standard InChI is InChI=1S/C24H25N3O5S2/c1-32-20-10-8-19(9-11-20)26-24(29)17-4-6-18(7-5-17)25-22(28)16-21-12-13-23(33-21)34(30,31)27-14-2-3-15-27/h4-13H,2-3,14-16H2,1H3,(H,25,28)(H,26,29).